The molecule has 0 unspecified atom stereocenters. The van der Waals surface area contributed by atoms with Crippen molar-refractivity contribution in [2.24, 2.45) is 7.05 Å². The van der Waals surface area contributed by atoms with Gasteiger partial charge in [-0.25, -0.2) is 0 Å². The molecule has 0 bridgehead atoms. The molecule has 0 fully saturated rings. The van der Waals surface area contributed by atoms with Crippen molar-refractivity contribution < 1.29 is 17.5 Å². The van der Waals surface area contributed by atoms with Gasteiger partial charge in [-0.15, -0.1) is 0 Å². The van der Waals surface area contributed by atoms with E-state index < -0.39 is 10.1 Å². The summed E-state index contributed by atoms with van der Waals surface area (Å²) >= 11 is 3.47. The average molecular weight is 560 g/mol. The van der Waals surface area contributed by atoms with Crippen LogP contribution < -0.4 is 9.47 Å². The van der Waals surface area contributed by atoms with E-state index >= 15 is 0 Å². The predicted molar refractivity (Wildman–Crippen MR) is 160 cm³/mol. The number of rotatable bonds is 6. The number of anilines is 1. The van der Waals surface area contributed by atoms with Crippen LogP contribution in [-0.2, 0) is 17.2 Å². The third-order valence-electron chi connectivity index (χ3n) is 6.84. The number of aryl methyl sites for hydroxylation is 1. The topological polar surface area (TPSA) is 61.5 Å². The van der Waals surface area contributed by atoms with Crippen molar-refractivity contribution >= 4 is 76.7 Å². The highest BCUT2D eigenvalue weighted by Crippen LogP contribution is 2.49. The average Bonchev–Trinajstić information content (AvgIpc) is 3.40. The van der Waals surface area contributed by atoms with E-state index in [9.17, 15) is 13.0 Å². The Kier molecular flexibility index (Phi) is 6.52. The Morgan fingerprint density at radius 2 is 1.66 bits per heavy atom. The largest absolute Gasteiger partial charge is 0.334 e. The maximum Gasteiger partial charge on any atom is 0.264 e. The lowest BCUT2D eigenvalue weighted by molar-refractivity contribution is -0.641. The summed E-state index contributed by atoms with van der Waals surface area (Å²) < 4.78 is 35.7. The van der Waals surface area contributed by atoms with Gasteiger partial charge < -0.3 is 4.90 Å². The third kappa shape index (κ3) is 4.73. The van der Waals surface area contributed by atoms with E-state index in [4.69, 9.17) is 0 Å². The lowest BCUT2D eigenvalue weighted by atomic mass is 10.1. The molecule has 1 N–H and O–H groups in total. The summed E-state index contributed by atoms with van der Waals surface area (Å²) in [6.07, 6.45) is 4.72. The van der Waals surface area contributed by atoms with Gasteiger partial charge in [0.2, 0.25) is 5.52 Å². The Bertz CT molecular complexity index is 1890. The van der Waals surface area contributed by atoms with Gasteiger partial charge in [-0.1, -0.05) is 77.7 Å². The zero-order chi connectivity index (χ0) is 26.4. The lowest BCUT2D eigenvalue weighted by Gasteiger charge is -2.22. The van der Waals surface area contributed by atoms with Gasteiger partial charge in [0.25, 0.3) is 15.1 Å². The molecular weight excluding hydrogens is 533 g/mol. The second-order valence-electron chi connectivity index (χ2n) is 9.53. The first-order valence-corrected chi connectivity index (χ1v) is 15.7. The zero-order valence-corrected chi connectivity index (χ0v) is 23.5. The molecular formula is C30H27N2O3S3+. The van der Waals surface area contributed by atoms with Crippen LogP contribution in [0.3, 0.4) is 0 Å². The summed E-state index contributed by atoms with van der Waals surface area (Å²) in [5, 5.41) is 6.97. The Balaban J connectivity index is 1.40. The van der Waals surface area contributed by atoms with Crippen molar-refractivity contribution in [3.63, 3.8) is 0 Å². The fourth-order valence-electron chi connectivity index (χ4n) is 5.12. The highest BCUT2D eigenvalue weighted by molar-refractivity contribution is 8.03. The van der Waals surface area contributed by atoms with Gasteiger partial charge in [0.1, 0.15) is 11.7 Å². The van der Waals surface area contributed by atoms with E-state index in [1.165, 1.54) is 21.0 Å². The summed E-state index contributed by atoms with van der Waals surface area (Å²) in [7, 11) is -1.90. The lowest BCUT2D eigenvalue weighted by Crippen LogP contribution is -2.29. The number of allylic oxidation sites excluding steroid dienone is 2. The number of fused-ring (bicyclic) bond motifs is 6. The number of hydrogen-bond donors (Lipinski definition) is 1. The van der Waals surface area contributed by atoms with Crippen LogP contribution in [0.4, 0.5) is 5.69 Å². The van der Waals surface area contributed by atoms with E-state index in [1.54, 1.807) is 23.1 Å². The molecule has 5 nitrogen and oxygen atoms in total. The van der Waals surface area contributed by atoms with Gasteiger partial charge >= 0.3 is 0 Å². The molecule has 0 saturated carbocycles. The van der Waals surface area contributed by atoms with E-state index in [2.05, 4.69) is 96.3 Å². The van der Waals surface area contributed by atoms with E-state index in [0.29, 0.717) is 13.0 Å². The second kappa shape index (κ2) is 9.85. The fourth-order valence-corrected chi connectivity index (χ4v) is 8.01. The summed E-state index contributed by atoms with van der Waals surface area (Å²) in [6.45, 7) is 2.60. The van der Waals surface area contributed by atoms with Crippen molar-refractivity contribution in [3.8, 4) is 0 Å². The molecule has 1 aromatic heterocycles. The molecule has 192 valence electrons. The molecule has 0 amide bonds. The van der Waals surface area contributed by atoms with Crippen molar-refractivity contribution in [2.75, 3.05) is 17.2 Å². The molecule has 5 aromatic rings. The number of thiazole rings is 1. The molecule has 38 heavy (non-hydrogen) atoms. The molecule has 0 atom stereocenters. The van der Waals surface area contributed by atoms with Gasteiger partial charge in [-0.05, 0) is 54.0 Å². The van der Waals surface area contributed by atoms with Crippen LogP contribution in [-0.4, -0.2) is 25.3 Å². The minimum atomic E-state index is -4.02. The van der Waals surface area contributed by atoms with Gasteiger partial charge in [-0.3, -0.25) is 4.55 Å². The number of benzene rings is 4. The molecule has 1 aliphatic rings. The molecule has 2 heterocycles. The summed E-state index contributed by atoms with van der Waals surface area (Å²) in [4.78, 5) is 3.34. The smallest absolute Gasteiger partial charge is 0.264 e. The summed E-state index contributed by atoms with van der Waals surface area (Å²) in [5.74, 6) is -0.262. The first-order valence-electron chi connectivity index (χ1n) is 12.4. The standard InChI is InChI=1S/C30H26N2O3S3/c1-20(18-27-31(2)29-23-10-5-3-8-21(23)12-14-25(29)36-27)19-28-32(16-7-17-38(33,34)35)30-24-11-6-4-9-22(24)13-15-26(30)37-28/h3-6,8-15,18-19H,7,16-17H2,1-2H3/p+1. The minimum absolute atomic E-state index is 0.262. The Morgan fingerprint density at radius 1 is 0.974 bits per heavy atom. The maximum atomic E-state index is 11.4. The van der Waals surface area contributed by atoms with Crippen LogP contribution in [0.15, 0.2) is 94.4 Å². The molecule has 8 heteroatoms. The van der Waals surface area contributed by atoms with E-state index in [0.717, 1.165) is 37.0 Å². The first-order chi connectivity index (χ1) is 18.3. The summed E-state index contributed by atoms with van der Waals surface area (Å²) in [5.41, 5.74) is 3.44. The van der Waals surface area contributed by atoms with Gasteiger partial charge in [0.15, 0.2) is 0 Å². The number of nitrogens with zero attached hydrogens (tertiary/aromatic N) is 2. The molecule has 4 aromatic carbocycles. The monoisotopic (exact) mass is 559 g/mol. The molecule has 0 aliphatic carbocycles. The van der Waals surface area contributed by atoms with Crippen LogP contribution in [0.25, 0.3) is 37.8 Å². The Labute approximate surface area is 230 Å². The van der Waals surface area contributed by atoms with E-state index in [1.807, 2.05) is 12.1 Å². The summed E-state index contributed by atoms with van der Waals surface area (Å²) in [6, 6.07) is 25.4. The fraction of sp³-hybridized carbons (Fsp3) is 0.167. The van der Waals surface area contributed by atoms with Crippen molar-refractivity contribution in [1.82, 2.24) is 0 Å². The van der Waals surface area contributed by atoms with E-state index in [-0.39, 0.29) is 5.75 Å². The number of thioether (sulfide) groups is 1. The second-order valence-corrected chi connectivity index (χ2v) is 13.2. The first kappa shape index (κ1) is 25.1. The number of hydrogen-bond acceptors (Lipinski definition) is 5. The van der Waals surface area contributed by atoms with Gasteiger partial charge in [0.05, 0.1) is 21.9 Å². The molecule has 1 aliphatic heterocycles. The Morgan fingerprint density at radius 3 is 2.42 bits per heavy atom. The SMILES string of the molecule is CC(=C\c1sc2ccc3ccccc3c2[n+]1C)/C=C1/Sc2ccc3ccccc3c2N1CCCS(=O)(=O)O. The van der Waals surface area contributed by atoms with Crippen molar-refractivity contribution in [3.05, 3.63) is 94.5 Å². The maximum absolute atomic E-state index is 11.4. The van der Waals surface area contributed by atoms with Crippen molar-refractivity contribution in [2.45, 2.75) is 18.2 Å². The van der Waals surface area contributed by atoms with Gasteiger partial charge in [-0.2, -0.15) is 13.0 Å². The highest BCUT2D eigenvalue weighted by atomic mass is 32.2. The zero-order valence-electron chi connectivity index (χ0n) is 21.1. The molecule has 0 spiro atoms. The minimum Gasteiger partial charge on any atom is -0.334 e. The Hall–Kier alpha value is -3.17. The van der Waals surface area contributed by atoms with Crippen LogP contribution in [0.1, 0.15) is 18.4 Å². The third-order valence-corrected chi connectivity index (χ3v) is 9.90. The normalized spacial score (nSPS) is 15.3. The van der Waals surface area contributed by atoms with Gasteiger partial charge in [0, 0.05) is 22.9 Å². The van der Waals surface area contributed by atoms with Crippen LogP contribution in [0, 0.1) is 0 Å². The van der Waals surface area contributed by atoms with Crippen LogP contribution >= 0.6 is 23.1 Å². The predicted octanol–water partition coefficient (Wildman–Crippen LogP) is 7.17. The molecule has 0 saturated heterocycles. The van der Waals surface area contributed by atoms with Crippen molar-refractivity contribution in [1.29, 1.82) is 0 Å². The molecule has 0 radical (unpaired) electrons. The van der Waals surface area contributed by atoms with Crippen LogP contribution in [0.2, 0.25) is 0 Å². The highest BCUT2D eigenvalue weighted by Gasteiger charge is 2.27. The molecule has 6 rings (SSSR count). The van der Waals surface area contributed by atoms with Crippen LogP contribution in [0.5, 0.6) is 0 Å². The number of aromatic nitrogens is 1. The quantitative estimate of drug-likeness (QED) is 0.177.